The molecule has 1 aromatic rings. The van der Waals surface area contributed by atoms with Crippen molar-refractivity contribution in [3.63, 3.8) is 0 Å². The maximum absolute atomic E-state index is 6.05. The first-order valence-electron chi connectivity index (χ1n) is 5.21. The van der Waals surface area contributed by atoms with E-state index in [1.54, 1.807) is 7.11 Å². The number of hydrogen-bond donors (Lipinski definition) is 1. The summed E-state index contributed by atoms with van der Waals surface area (Å²) in [6, 6.07) is 6.37. The molecule has 1 heterocycles. The quantitative estimate of drug-likeness (QED) is 0.715. The first-order valence-corrected chi connectivity index (χ1v) is 5.21. The van der Waals surface area contributed by atoms with Crippen molar-refractivity contribution in [1.82, 2.24) is 0 Å². The molecule has 1 aromatic carbocycles. The topological polar surface area (TPSA) is 38.5 Å². The Morgan fingerprint density at radius 2 is 2.07 bits per heavy atom. The van der Waals surface area contributed by atoms with E-state index < -0.39 is 0 Å². The van der Waals surface area contributed by atoms with Crippen LogP contribution in [0.1, 0.15) is 26.3 Å². The summed E-state index contributed by atoms with van der Waals surface area (Å²) in [5, 5.41) is 1.84. The molecule has 3 heteroatoms. The van der Waals surface area contributed by atoms with Crippen LogP contribution >= 0.6 is 0 Å². The van der Waals surface area contributed by atoms with E-state index in [9.17, 15) is 0 Å². The lowest BCUT2D eigenvalue weighted by molar-refractivity contribution is 0.410. The molecule has 0 fully saturated rings. The molecule has 0 saturated carbocycles. The molecule has 82 valence electrons. The van der Waals surface area contributed by atoms with Crippen LogP contribution in [0.3, 0.4) is 0 Å². The zero-order chi connectivity index (χ0) is 11.2. The molecule has 0 aliphatic carbocycles. The van der Waals surface area contributed by atoms with Crippen LogP contribution in [0.25, 0.3) is 0 Å². The lowest BCUT2D eigenvalue weighted by atomic mass is 9.81. The van der Waals surface area contributed by atoms with Crippen LogP contribution in [-0.4, -0.2) is 13.2 Å². The van der Waals surface area contributed by atoms with Crippen LogP contribution < -0.4 is 15.6 Å². The van der Waals surface area contributed by atoms with Gasteiger partial charge in [-0.1, -0.05) is 13.8 Å². The maximum Gasteiger partial charge on any atom is 0.119 e. The van der Waals surface area contributed by atoms with Gasteiger partial charge < -0.3 is 9.75 Å². The molecule has 15 heavy (non-hydrogen) atoms. The van der Waals surface area contributed by atoms with Crippen LogP contribution in [0, 0.1) is 0 Å². The minimum Gasteiger partial charge on any atom is -0.497 e. The number of benzene rings is 1. The monoisotopic (exact) mass is 206 g/mol. The van der Waals surface area contributed by atoms with Crippen LogP contribution in [0.4, 0.5) is 5.69 Å². The van der Waals surface area contributed by atoms with Crippen LogP contribution in [0.2, 0.25) is 0 Å². The van der Waals surface area contributed by atoms with Gasteiger partial charge in [-0.3, -0.25) is 0 Å². The number of anilines is 1. The molecule has 1 aliphatic rings. The average molecular weight is 206 g/mol. The van der Waals surface area contributed by atoms with Gasteiger partial charge in [0.25, 0.3) is 0 Å². The number of hydrazine groups is 1. The summed E-state index contributed by atoms with van der Waals surface area (Å²) in [6.45, 7) is 6.57. The molecule has 0 amide bonds. The zero-order valence-corrected chi connectivity index (χ0v) is 9.74. The number of methoxy groups -OCH3 is 1. The smallest absolute Gasteiger partial charge is 0.119 e. The summed E-state index contributed by atoms with van der Waals surface area (Å²) in [6.07, 6.45) is 0. The first kappa shape index (κ1) is 10.3. The van der Waals surface area contributed by atoms with Crippen molar-refractivity contribution < 1.29 is 4.74 Å². The highest BCUT2D eigenvalue weighted by Crippen LogP contribution is 2.44. The Labute approximate surface area is 90.8 Å². The molecule has 0 saturated heterocycles. The van der Waals surface area contributed by atoms with Crippen molar-refractivity contribution in [3.05, 3.63) is 23.8 Å². The van der Waals surface area contributed by atoms with Crippen LogP contribution in [0.15, 0.2) is 18.2 Å². The van der Waals surface area contributed by atoms with Crippen molar-refractivity contribution in [1.29, 1.82) is 0 Å². The molecule has 0 spiro atoms. The SMILES string of the molecule is COc1ccc2c(c1)C(C)(C)C(C)N2N. The van der Waals surface area contributed by atoms with E-state index in [4.69, 9.17) is 10.6 Å². The second-order valence-corrected chi connectivity index (χ2v) is 4.69. The normalized spacial score (nSPS) is 22.7. The van der Waals surface area contributed by atoms with Gasteiger partial charge in [0.1, 0.15) is 5.75 Å². The van der Waals surface area contributed by atoms with Crippen molar-refractivity contribution in [2.45, 2.75) is 32.2 Å². The van der Waals surface area contributed by atoms with Crippen molar-refractivity contribution in [2.24, 2.45) is 5.84 Å². The summed E-state index contributed by atoms with van der Waals surface area (Å²) in [4.78, 5) is 0. The Bertz CT molecular complexity index is 387. The second kappa shape index (κ2) is 3.14. The highest BCUT2D eigenvalue weighted by atomic mass is 16.5. The fourth-order valence-electron chi connectivity index (χ4n) is 2.16. The Morgan fingerprint density at radius 1 is 1.40 bits per heavy atom. The summed E-state index contributed by atoms with van der Waals surface area (Å²) < 4.78 is 5.24. The van der Waals surface area contributed by atoms with Crippen molar-refractivity contribution >= 4 is 5.69 Å². The molecular formula is C12H18N2O. The van der Waals surface area contributed by atoms with Gasteiger partial charge in [-0.25, -0.2) is 5.84 Å². The third-order valence-electron chi connectivity index (χ3n) is 3.64. The number of hydrogen-bond acceptors (Lipinski definition) is 3. The van der Waals surface area contributed by atoms with Gasteiger partial charge in [0.2, 0.25) is 0 Å². The highest BCUT2D eigenvalue weighted by molar-refractivity contribution is 5.64. The standard InChI is InChI=1S/C12H18N2O/c1-8-12(2,3)10-7-9(15-4)5-6-11(10)14(8)13/h5-8H,13H2,1-4H3. The van der Waals surface area contributed by atoms with Gasteiger partial charge in [-0.05, 0) is 30.7 Å². The van der Waals surface area contributed by atoms with Gasteiger partial charge in [0.05, 0.1) is 18.8 Å². The van der Waals surface area contributed by atoms with Gasteiger partial charge in [0.15, 0.2) is 0 Å². The Kier molecular flexibility index (Phi) is 2.15. The van der Waals surface area contributed by atoms with Crippen molar-refractivity contribution in [3.8, 4) is 5.75 Å². The Morgan fingerprint density at radius 3 is 2.67 bits per heavy atom. The van der Waals surface area contributed by atoms with Crippen molar-refractivity contribution in [2.75, 3.05) is 12.1 Å². The molecule has 1 unspecified atom stereocenters. The molecule has 0 aromatic heterocycles. The van der Waals surface area contributed by atoms with Gasteiger partial charge in [0, 0.05) is 5.41 Å². The number of fused-ring (bicyclic) bond motifs is 1. The minimum atomic E-state index is 0.0681. The summed E-state index contributed by atoms with van der Waals surface area (Å²) in [5.41, 5.74) is 2.43. The molecule has 2 N–H and O–H groups in total. The first-order chi connectivity index (χ1) is 6.98. The van der Waals surface area contributed by atoms with E-state index in [1.807, 2.05) is 17.1 Å². The zero-order valence-electron chi connectivity index (χ0n) is 9.74. The van der Waals surface area contributed by atoms with Crippen LogP contribution in [-0.2, 0) is 5.41 Å². The Balaban J connectivity index is 2.57. The fourth-order valence-corrected chi connectivity index (χ4v) is 2.16. The molecule has 1 aliphatic heterocycles. The number of nitrogens with zero attached hydrogens (tertiary/aromatic N) is 1. The number of ether oxygens (including phenoxy) is 1. The summed E-state index contributed by atoms with van der Waals surface area (Å²) in [5.74, 6) is 6.94. The summed E-state index contributed by atoms with van der Waals surface area (Å²) >= 11 is 0. The van der Waals surface area contributed by atoms with Gasteiger partial charge in [-0.15, -0.1) is 0 Å². The van der Waals surface area contributed by atoms with E-state index >= 15 is 0 Å². The van der Waals surface area contributed by atoms with E-state index in [0.717, 1.165) is 11.4 Å². The third-order valence-corrected chi connectivity index (χ3v) is 3.64. The molecule has 3 nitrogen and oxygen atoms in total. The van der Waals surface area contributed by atoms with E-state index in [-0.39, 0.29) is 5.41 Å². The molecule has 0 radical (unpaired) electrons. The number of rotatable bonds is 1. The second-order valence-electron chi connectivity index (χ2n) is 4.69. The minimum absolute atomic E-state index is 0.0681. The highest BCUT2D eigenvalue weighted by Gasteiger charge is 2.40. The fraction of sp³-hybridized carbons (Fsp3) is 0.500. The summed E-state index contributed by atoms with van der Waals surface area (Å²) in [7, 11) is 1.69. The van der Waals surface area contributed by atoms with E-state index in [0.29, 0.717) is 6.04 Å². The number of nitrogens with two attached hydrogens (primary N) is 1. The third kappa shape index (κ3) is 1.30. The lowest BCUT2D eigenvalue weighted by Gasteiger charge is -2.27. The largest absolute Gasteiger partial charge is 0.497 e. The predicted molar refractivity (Wildman–Crippen MR) is 62.1 cm³/mol. The van der Waals surface area contributed by atoms with E-state index in [2.05, 4.69) is 26.8 Å². The molecular weight excluding hydrogens is 188 g/mol. The molecule has 1 atom stereocenters. The van der Waals surface area contributed by atoms with Gasteiger partial charge >= 0.3 is 0 Å². The molecule has 2 rings (SSSR count). The average Bonchev–Trinajstić information content (AvgIpc) is 2.40. The van der Waals surface area contributed by atoms with Gasteiger partial charge in [-0.2, -0.15) is 0 Å². The molecule has 0 bridgehead atoms. The Hall–Kier alpha value is -1.22. The van der Waals surface area contributed by atoms with Crippen LogP contribution in [0.5, 0.6) is 5.75 Å². The van der Waals surface area contributed by atoms with E-state index in [1.165, 1.54) is 5.56 Å². The predicted octanol–water partition coefficient (Wildman–Crippen LogP) is 2.05. The maximum atomic E-state index is 6.05. The lowest BCUT2D eigenvalue weighted by Crippen LogP contribution is -2.43.